The molecule has 0 aromatic carbocycles. The monoisotopic (exact) mass is 230 g/mol. The smallest absolute Gasteiger partial charge is 0.315 e. The Kier molecular flexibility index (Phi) is 6.14. The number of carbonyl (C=O) groups excluding carboxylic acids is 2. The third-order valence-electron chi connectivity index (χ3n) is 1.86. The molecule has 1 atom stereocenters. The SMILES string of the molecule is CC(C)NC(=O)CCNC(=O)C(C)C(=O)O. The molecule has 0 heterocycles. The van der Waals surface area contributed by atoms with E-state index in [1.807, 2.05) is 13.8 Å². The summed E-state index contributed by atoms with van der Waals surface area (Å²) in [7, 11) is 0. The molecular formula is C10H18N2O4. The van der Waals surface area contributed by atoms with Gasteiger partial charge in [0.25, 0.3) is 0 Å². The van der Waals surface area contributed by atoms with Gasteiger partial charge in [0.1, 0.15) is 5.92 Å². The van der Waals surface area contributed by atoms with Crippen LogP contribution in [0.3, 0.4) is 0 Å². The number of carboxylic acid groups (broad SMARTS) is 1. The topological polar surface area (TPSA) is 95.5 Å². The van der Waals surface area contributed by atoms with Gasteiger partial charge in [-0.1, -0.05) is 0 Å². The van der Waals surface area contributed by atoms with E-state index in [0.29, 0.717) is 0 Å². The van der Waals surface area contributed by atoms with Gasteiger partial charge in [0.2, 0.25) is 11.8 Å². The Bertz CT molecular complexity index is 276. The molecular weight excluding hydrogens is 212 g/mol. The fraction of sp³-hybridized carbons (Fsp3) is 0.700. The summed E-state index contributed by atoms with van der Waals surface area (Å²) in [6.45, 7) is 5.12. The quantitative estimate of drug-likeness (QED) is 0.548. The van der Waals surface area contributed by atoms with E-state index >= 15 is 0 Å². The first-order chi connectivity index (χ1) is 7.34. The molecule has 1 unspecified atom stereocenters. The molecule has 92 valence electrons. The molecule has 2 amide bonds. The Labute approximate surface area is 94.4 Å². The molecule has 0 fully saturated rings. The standard InChI is InChI=1S/C10H18N2O4/c1-6(2)12-8(13)4-5-11-9(14)7(3)10(15)16/h6-7H,4-5H2,1-3H3,(H,11,14)(H,12,13)(H,15,16). The Morgan fingerprint density at radius 2 is 1.75 bits per heavy atom. The predicted molar refractivity (Wildman–Crippen MR) is 57.7 cm³/mol. The van der Waals surface area contributed by atoms with Crippen molar-refractivity contribution in [1.82, 2.24) is 10.6 Å². The zero-order chi connectivity index (χ0) is 12.7. The number of amides is 2. The summed E-state index contributed by atoms with van der Waals surface area (Å²) in [5, 5.41) is 13.6. The normalized spacial score (nSPS) is 12.0. The summed E-state index contributed by atoms with van der Waals surface area (Å²) >= 11 is 0. The number of carboxylic acids is 1. The zero-order valence-electron chi connectivity index (χ0n) is 9.74. The van der Waals surface area contributed by atoms with Crippen LogP contribution in [0.25, 0.3) is 0 Å². The molecule has 16 heavy (non-hydrogen) atoms. The maximum atomic E-state index is 11.2. The molecule has 3 N–H and O–H groups in total. The first-order valence-corrected chi connectivity index (χ1v) is 5.14. The molecule has 0 saturated carbocycles. The van der Waals surface area contributed by atoms with Crippen LogP contribution in [-0.2, 0) is 14.4 Å². The van der Waals surface area contributed by atoms with Crippen LogP contribution in [0.4, 0.5) is 0 Å². The lowest BCUT2D eigenvalue weighted by molar-refractivity contribution is -0.146. The van der Waals surface area contributed by atoms with E-state index in [-0.39, 0.29) is 24.9 Å². The molecule has 0 radical (unpaired) electrons. The van der Waals surface area contributed by atoms with Gasteiger partial charge in [-0.15, -0.1) is 0 Å². The molecule has 6 nitrogen and oxygen atoms in total. The van der Waals surface area contributed by atoms with Crippen LogP contribution < -0.4 is 10.6 Å². The third kappa shape index (κ3) is 6.00. The number of hydrogen-bond acceptors (Lipinski definition) is 3. The van der Waals surface area contributed by atoms with Gasteiger partial charge in [-0.3, -0.25) is 14.4 Å². The van der Waals surface area contributed by atoms with Crippen molar-refractivity contribution in [2.24, 2.45) is 5.92 Å². The lowest BCUT2D eigenvalue weighted by atomic mass is 10.2. The lowest BCUT2D eigenvalue weighted by Gasteiger charge is -2.10. The highest BCUT2D eigenvalue weighted by atomic mass is 16.4. The summed E-state index contributed by atoms with van der Waals surface area (Å²) in [5.41, 5.74) is 0. The van der Waals surface area contributed by atoms with Gasteiger partial charge >= 0.3 is 5.97 Å². The summed E-state index contributed by atoms with van der Waals surface area (Å²) in [5.74, 6) is -3.01. The van der Waals surface area contributed by atoms with Crippen LogP contribution in [-0.4, -0.2) is 35.5 Å². The predicted octanol–water partition coefficient (Wildman–Crippen LogP) is -0.262. The van der Waals surface area contributed by atoms with Crippen LogP contribution in [0.15, 0.2) is 0 Å². The Hall–Kier alpha value is -1.59. The number of hydrogen-bond donors (Lipinski definition) is 3. The molecule has 0 aliphatic carbocycles. The Morgan fingerprint density at radius 1 is 1.19 bits per heavy atom. The van der Waals surface area contributed by atoms with E-state index in [9.17, 15) is 14.4 Å². The highest BCUT2D eigenvalue weighted by Crippen LogP contribution is 1.94. The van der Waals surface area contributed by atoms with E-state index in [1.54, 1.807) is 0 Å². The number of aliphatic carboxylic acids is 1. The maximum Gasteiger partial charge on any atom is 0.315 e. The first-order valence-electron chi connectivity index (χ1n) is 5.14. The zero-order valence-corrected chi connectivity index (χ0v) is 9.74. The van der Waals surface area contributed by atoms with Crippen LogP contribution in [0, 0.1) is 5.92 Å². The molecule has 0 aliphatic rings. The summed E-state index contributed by atoms with van der Waals surface area (Å²) in [4.78, 5) is 32.8. The van der Waals surface area contributed by atoms with Gasteiger partial charge in [0, 0.05) is 19.0 Å². The number of carbonyl (C=O) groups is 3. The minimum absolute atomic E-state index is 0.0566. The van der Waals surface area contributed by atoms with Crippen LogP contribution in [0.5, 0.6) is 0 Å². The molecule has 0 aromatic rings. The van der Waals surface area contributed by atoms with Crippen molar-refractivity contribution < 1.29 is 19.5 Å². The van der Waals surface area contributed by atoms with E-state index in [4.69, 9.17) is 5.11 Å². The average Bonchev–Trinajstić information content (AvgIpc) is 2.14. The van der Waals surface area contributed by atoms with E-state index in [0.717, 1.165) is 0 Å². The summed E-state index contributed by atoms with van der Waals surface area (Å²) < 4.78 is 0. The largest absolute Gasteiger partial charge is 0.481 e. The summed E-state index contributed by atoms with van der Waals surface area (Å²) in [6.07, 6.45) is 0.149. The second-order valence-electron chi connectivity index (χ2n) is 3.82. The van der Waals surface area contributed by atoms with Gasteiger partial charge in [0.15, 0.2) is 0 Å². The molecule has 0 spiro atoms. The number of rotatable bonds is 6. The second-order valence-corrected chi connectivity index (χ2v) is 3.82. The minimum Gasteiger partial charge on any atom is -0.481 e. The van der Waals surface area contributed by atoms with Gasteiger partial charge in [-0.25, -0.2) is 0 Å². The van der Waals surface area contributed by atoms with Crippen LogP contribution in [0.2, 0.25) is 0 Å². The average molecular weight is 230 g/mol. The van der Waals surface area contributed by atoms with E-state index in [2.05, 4.69) is 10.6 Å². The van der Waals surface area contributed by atoms with Gasteiger partial charge in [0.05, 0.1) is 0 Å². The van der Waals surface area contributed by atoms with Gasteiger partial charge < -0.3 is 15.7 Å². The fourth-order valence-corrected chi connectivity index (χ4v) is 0.959. The van der Waals surface area contributed by atoms with Crippen molar-refractivity contribution in [1.29, 1.82) is 0 Å². The van der Waals surface area contributed by atoms with E-state index < -0.39 is 17.8 Å². The van der Waals surface area contributed by atoms with Crippen molar-refractivity contribution in [3.8, 4) is 0 Å². The molecule has 0 aliphatic heterocycles. The third-order valence-corrected chi connectivity index (χ3v) is 1.86. The van der Waals surface area contributed by atoms with Crippen molar-refractivity contribution >= 4 is 17.8 Å². The molecule has 0 bridgehead atoms. The van der Waals surface area contributed by atoms with Gasteiger partial charge in [-0.2, -0.15) is 0 Å². The van der Waals surface area contributed by atoms with E-state index in [1.165, 1.54) is 6.92 Å². The first kappa shape index (κ1) is 14.4. The molecule has 0 rings (SSSR count). The molecule has 0 aromatic heterocycles. The van der Waals surface area contributed by atoms with Crippen LogP contribution in [0.1, 0.15) is 27.2 Å². The summed E-state index contributed by atoms with van der Waals surface area (Å²) in [6, 6.07) is 0.0566. The Morgan fingerprint density at radius 3 is 2.19 bits per heavy atom. The maximum absolute atomic E-state index is 11.2. The number of nitrogens with one attached hydrogen (secondary N) is 2. The highest BCUT2D eigenvalue weighted by molar-refractivity contribution is 5.96. The van der Waals surface area contributed by atoms with Gasteiger partial charge in [-0.05, 0) is 20.8 Å². The lowest BCUT2D eigenvalue weighted by Crippen LogP contribution is -2.37. The second kappa shape index (κ2) is 6.81. The fourth-order valence-electron chi connectivity index (χ4n) is 0.959. The van der Waals surface area contributed by atoms with Crippen molar-refractivity contribution in [3.63, 3.8) is 0 Å². The van der Waals surface area contributed by atoms with Crippen molar-refractivity contribution in [3.05, 3.63) is 0 Å². The Balaban J connectivity index is 3.78. The minimum atomic E-state index is -1.18. The van der Waals surface area contributed by atoms with Crippen LogP contribution >= 0.6 is 0 Å². The van der Waals surface area contributed by atoms with Crippen molar-refractivity contribution in [2.75, 3.05) is 6.54 Å². The molecule has 0 saturated heterocycles. The molecule has 6 heteroatoms. The highest BCUT2D eigenvalue weighted by Gasteiger charge is 2.19. The van der Waals surface area contributed by atoms with Crippen molar-refractivity contribution in [2.45, 2.75) is 33.2 Å².